The van der Waals surface area contributed by atoms with Gasteiger partial charge in [-0.05, 0) is 36.3 Å². The van der Waals surface area contributed by atoms with Crippen LogP contribution in [0.1, 0.15) is 16.7 Å². The van der Waals surface area contributed by atoms with Gasteiger partial charge in [0, 0.05) is 5.56 Å². The van der Waals surface area contributed by atoms with Crippen LogP contribution in [0.25, 0.3) is 5.57 Å². The molecule has 4 nitrogen and oxygen atoms in total. The van der Waals surface area contributed by atoms with E-state index in [0.717, 1.165) is 11.1 Å². The van der Waals surface area contributed by atoms with Crippen LogP contribution in [0.4, 0.5) is 5.69 Å². The largest absolute Gasteiger partial charge is 0.392 e. The van der Waals surface area contributed by atoms with Crippen LogP contribution in [0.2, 0.25) is 0 Å². The molecule has 0 fully saturated rings. The van der Waals surface area contributed by atoms with Crippen molar-refractivity contribution in [3.63, 3.8) is 0 Å². The van der Waals surface area contributed by atoms with E-state index < -0.39 is 10.0 Å². The van der Waals surface area contributed by atoms with E-state index in [9.17, 15) is 13.5 Å². The van der Waals surface area contributed by atoms with Crippen LogP contribution in [0.15, 0.2) is 90.3 Å². The Morgan fingerprint density at radius 2 is 1.54 bits per heavy atom. The molecule has 0 saturated carbocycles. The summed E-state index contributed by atoms with van der Waals surface area (Å²) >= 11 is 0. The van der Waals surface area contributed by atoms with Gasteiger partial charge in [-0.3, -0.25) is 4.31 Å². The Labute approximate surface area is 166 Å². The van der Waals surface area contributed by atoms with Gasteiger partial charge in [-0.25, -0.2) is 8.42 Å². The van der Waals surface area contributed by atoms with Crippen molar-refractivity contribution in [2.24, 2.45) is 0 Å². The fourth-order valence-electron chi connectivity index (χ4n) is 2.96. The molecule has 5 heteroatoms. The molecule has 0 aromatic heterocycles. The standard InChI is InChI=1S/C23H23NO3S/c1-18-12-14-22(15-13-18)28(26,27)24(23-11-7-6-10-21(23)17-25)16-19(2)20-8-4-3-5-9-20/h3-15,25H,2,16-17H2,1H3. The van der Waals surface area contributed by atoms with Crippen LogP contribution in [0.5, 0.6) is 0 Å². The predicted octanol–water partition coefficient (Wildman–Crippen LogP) is 4.40. The van der Waals surface area contributed by atoms with Crippen molar-refractivity contribution in [2.75, 3.05) is 10.8 Å². The maximum atomic E-state index is 13.5. The zero-order valence-corrected chi connectivity index (χ0v) is 16.6. The Bertz CT molecular complexity index is 1060. The van der Waals surface area contributed by atoms with E-state index in [0.29, 0.717) is 16.8 Å². The Morgan fingerprint density at radius 3 is 2.18 bits per heavy atom. The zero-order valence-electron chi connectivity index (χ0n) is 15.7. The first-order valence-electron chi connectivity index (χ1n) is 8.95. The third kappa shape index (κ3) is 4.16. The fourth-order valence-corrected chi connectivity index (χ4v) is 4.46. The van der Waals surface area contributed by atoms with Gasteiger partial charge in [-0.2, -0.15) is 0 Å². The first kappa shape index (κ1) is 19.9. The van der Waals surface area contributed by atoms with E-state index in [4.69, 9.17) is 0 Å². The Balaban J connectivity index is 2.09. The van der Waals surface area contributed by atoms with Crippen molar-refractivity contribution < 1.29 is 13.5 Å². The van der Waals surface area contributed by atoms with Gasteiger partial charge in [0.05, 0.1) is 23.7 Å². The molecular formula is C23H23NO3S. The molecule has 0 unspecified atom stereocenters. The van der Waals surface area contributed by atoms with E-state index >= 15 is 0 Å². The topological polar surface area (TPSA) is 57.6 Å². The molecule has 0 aliphatic rings. The van der Waals surface area contributed by atoms with Gasteiger partial charge < -0.3 is 5.11 Å². The fraction of sp³-hybridized carbons (Fsp3) is 0.130. The molecule has 1 N–H and O–H groups in total. The van der Waals surface area contributed by atoms with Crippen molar-refractivity contribution in [1.29, 1.82) is 0 Å². The molecular weight excluding hydrogens is 370 g/mol. The predicted molar refractivity (Wildman–Crippen MR) is 114 cm³/mol. The molecule has 0 aliphatic heterocycles. The van der Waals surface area contributed by atoms with Crippen molar-refractivity contribution >= 4 is 21.3 Å². The lowest BCUT2D eigenvalue weighted by Crippen LogP contribution is -2.33. The second-order valence-electron chi connectivity index (χ2n) is 6.58. The summed E-state index contributed by atoms with van der Waals surface area (Å²) in [6.07, 6.45) is 0. The number of aliphatic hydroxyl groups excluding tert-OH is 1. The summed E-state index contributed by atoms with van der Waals surface area (Å²) in [5, 5.41) is 9.75. The molecule has 0 radical (unpaired) electrons. The van der Waals surface area contributed by atoms with E-state index in [-0.39, 0.29) is 18.0 Å². The minimum Gasteiger partial charge on any atom is -0.392 e. The third-order valence-corrected chi connectivity index (χ3v) is 6.33. The Morgan fingerprint density at radius 1 is 0.929 bits per heavy atom. The smallest absolute Gasteiger partial charge is 0.264 e. The lowest BCUT2D eigenvalue weighted by molar-refractivity contribution is 0.282. The molecule has 3 rings (SSSR count). The van der Waals surface area contributed by atoms with E-state index in [1.807, 2.05) is 37.3 Å². The molecule has 3 aromatic carbocycles. The van der Waals surface area contributed by atoms with Crippen molar-refractivity contribution in [2.45, 2.75) is 18.4 Å². The summed E-state index contributed by atoms with van der Waals surface area (Å²) in [6, 6.07) is 23.2. The van der Waals surface area contributed by atoms with E-state index in [1.54, 1.807) is 48.5 Å². The van der Waals surface area contributed by atoms with Gasteiger partial charge >= 0.3 is 0 Å². The average Bonchev–Trinajstić information content (AvgIpc) is 2.72. The van der Waals surface area contributed by atoms with Crippen molar-refractivity contribution in [3.8, 4) is 0 Å². The minimum atomic E-state index is -3.85. The molecule has 0 bridgehead atoms. The number of nitrogens with zero attached hydrogens (tertiary/aromatic N) is 1. The van der Waals surface area contributed by atoms with Crippen LogP contribution in [0, 0.1) is 6.92 Å². The highest BCUT2D eigenvalue weighted by Crippen LogP contribution is 2.30. The monoisotopic (exact) mass is 393 g/mol. The maximum Gasteiger partial charge on any atom is 0.264 e. The van der Waals surface area contributed by atoms with Crippen LogP contribution in [-0.2, 0) is 16.6 Å². The number of aliphatic hydroxyl groups is 1. The summed E-state index contributed by atoms with van der Waals surface area (Å²) in [7, 11) is -3.85. The lowest BCUT2D eigenvalue weighted by Gasteiger charge is -2.27. The Kier molecular flexibility index (Phi) is 5.97. The molecule has 0 spiro atoms. The normalized spacial score (nSPS) is 11.2. The summed E-state index contributed by atoms with van der Waals surface area (Å²) in [5.74, 6) is 0. The van der Waals surface area contributed by atoms with E-state index in [1.165, 1.54) is 4.31 Å². The first-order chi connectivity index (χ1) is 13.4. The summed E-state index contributed by atoms with van der Waals surface area (Å²) in [5.41, 5.74) is 3.51. The van der Waals surface area contributed by atoms with Crippen molar-refractivity contribution in [3.05, 3.63) is 102 Å². The number of hydrogen-bond acceptors (Lipinski definition) is 3. The second-order valence-corrected chi connectivity index (χ2v) is 8.44. The second kappa shape index (κ2) is 8.42. The Hall–Kier alpha value is -2.89. The highest BCUT2D eigenvalue weighted by Gasteiger charge is 2.27. The van der Waals surface area contributed by atoms with E-state index in [2.05, 4.69) is 6.58 Å². The van der Waals surface area contributed by atoms with Gasteiger partial charge in [0.1, 0.15) is 0 Å². The highest BCUT2D eigenvalue weighted by molar-refractivity contribution is 7.92. The minimum absolute atomic E-state index is 0.0806. The van der Waals surface area contributed by atoms with Crippen LogP contribution in [-0.4, -0.2) is 20.1 Å². The highest BCUT2D eigenvalue weighted by atomic mass is 32.2. The molecule has 0 aliphatic carbocycles. The summed E-state index contributed by atoms with van der Waals surface area (Å²) in [6.45, 7) is 5.83. The summed E-state index contributed by atoms with van der Waals surface area (Å²) in [4.78, 5) is 0.201. The zero-order chi connectivity index (χ0) is 20.1. The number of para-hydroxylation sites is 1. The lowest BCUT2D eigenvalue weighted by atomic mass is 10.1. The van der Waals surface area contributed by atoms with Gasteiger partial charge in [0.2, 0.25) is 0 Å². The molecule has 28 heavy (non-hydrogen) atoms. The molecule has 0 amide bonds. The van der Waals surface area contributed by atoms with Crippen LogP contribution in [0.3, 0.4) is 0 Å². The molecule has 0 saturated heterocycles. The number of sulfonamides is 1. The first-order valence-corrected chi connectivity index (χ1v) is 10.4. The number of anilines is 1. The van der Waals surface area contributed by atoms with Crippen molar-refractivity contribution in [1.82, 2.24) is 0 Å². The van der Waals surface area contributed by atoms with Crippen LogP contribution >= 0.6 is 0 Å². The van der Waals surface area contributed by atoms with Gasteiger partial charge in [-0.1, -0.05) is 72.8 Å². The maximum absolute atomic E-state index is 13.5. The number of aryl methyl sites for hydroxylation is 1. The third-order valence-electron chi connectivity index (χ3n) is 4.56. The molecule has 0 atom stereocenters. The van der Waals surface area contributed by atoms with Gasteiger partial charge in [0.15, 0.2) is 0 Å². The molecule has 144 valence electrons. The SMILES string of the molecule is C=C(CN(c1ccccc1CO)S(=O)(=O)c1ccc(C)cc1)c1ccccc1. The van der Waals surface area contributed by atoms with Crippen LogP contribution < -0.4 is 4.31 Å². The number of hydrogen-bond donors (Lipinski definition) is 1. The van der Waals surface area contributed by atoms with Gasteiger partial charge in [-0.15, -0.1) is 0 Å². The van der Waals surface area contributed by atoms with Gasteiger partial charge in [0.25, 0.3) is 10.0 Å². The summed E-state index contributed by atoms with van der Waals surface area (Å²) < 4.78 is 28.3. The number of rotatable bonds is 7. The molecule has 3 aromatic rings. The molecule has 0 heterocycles. The quantitative estimate of drug-likeness (QED) is 0.647. The average molecular weight is 394 g/mol. The number of benzene rings is 3.